The second kappa shape index (κ2) is 15.2. The lowest BCUT2D eigenvalue weighted by Gasteiger charge is -2.21. The predicted molar refractivity (Wildman–Crippen MR) is 120 cm³/mol. The molecule has 0 amide bonds. The molecule has 1 atom stereocenters. The van der Waals surface area contributed by atoms with Crippen molar-refractivity contribution in [2.45, 2.75) is 52.1 Å². The first-order chi connectivity index (χ1) is 12.7. The average molecular weight is 493 g/mol. The largest absolute Gasteiger partial charge is 0.469 e. The standard InChI is InChI=1S/C20H35N3O3.HI/c1-17(2)16-24-12-6-10-21-20(22-11-9-18-8-5-14-25-18)23-15-19-7-3-4-13-26-19;/h5,8,14,17,19H,3-4,6-7,9-13,15-16H2,1-2H3,(H2,21,22,23);1H. The minimum absolute atomic E-state index is 0. The Balaban J connectivity index is 0.00000364. The molecule has 0 spiro atoms. The van der Waals surface area contributed by atoms with E-state index in [0.29, 0.717) is 12.5 Å². The topological polar surface area (TPSA) is 68.0 Å². The zero-order chi connectivity index (χ0) is 18.5. The van der Waals surface area contributed by atoms with Gasteiger partial charge in [-0.3, -0.25) is 4.99 Å². The van der Waals surface area contributed by atoms with Crippen LogP contribution in [0.5, 0.6) is 0 Å². The number of ether oxygens (including phenoxy) is 2. The Bertz CT molecular complexity index is 489. The Hall–Kier alpha value is -0.800. The van der Waals surface area contributed by atoms with Gasteiger partial charge in [0.2, 0.25) is 0 Å². The predicted octanol–water partition coefficient (Wildman–Crippen LogP) is 3.61. The summed E-state index contributed by atoms with van der Waals surface area (Å²) in [4.78, 5) is 4.71. The summed E-state index contributed by atoms with van der Waals surface area (Å²) < 4.78 is 16.8. The van der Waals surface area contributed by atoms with E-state index in [9.17, 15) is 0 Å². The highest BCUT2D eigenvalue weighted by molar-refractivity contribution is 14.0. The summed E-state index contributed by atoms with van der Waals surface area (Å²) in [5, 5.41) is 6.79. The van der Waals surface area contributed by atoms with Crippen LogP contribution in [0.15, 0.2) is 27.8 Å². The molecule has 1 saturated heterocycles. The number of aliphatic imine (C=N–C) groups is 1. The van der Waals surface area contributed by atoms with E-state index in [1.54, 1.807) is 6.26 Å². The summed E-state index contributed by atoms with van der Waals surface area (Å²) >= 11 is 0. The third-order valence-corrected chi connectivity index (χ3v) is 4.18. The van der Waals surface area contributed by atoms with E-state index >= 15 is 0 Å². The molecule has 1 aliphatic rings. The molecule has 2 rings (SSSR count). The van der Waals surface area contributed by atoms with E-state index in [2.05, 4.69) is 24.5 Å². The summed E-state index contributed by atoms with van der Waals surface area (Å²) in [7, 11) is 0. The monoisotopic (exact) mass is 493 g/mol. The second-order valence-electron chi connectivity index (χ2n) is 7.18. The highest BCUT2D eigenvalue weighted by atomic mass is 127. The SMILES string of the molecule is CC(C)COCCCNC(=NCC1CCCCO1)NCCc1ccco1.I. The maximum absolute atomic E-state index is 5.77. The van der Waals surface area contributed by atoms with Crippen LogP contribution in [0.3, 0.4) is 0 Å². The third-order valence-electron chi connectivity index (χ3n) is 4.18. The summed E-state index contributed by atoms with van der Waals surface area (Å²) in [6.45, 7) is 9.13. The van der Waals surface area contributed by atoms with Gasteiger partial charge in [-0.2, -0.15) is 0 Å². The van der Waals surface area contributed by atoms with Gasteiger partial charge in [-0.1, -0.05) is 13.8 Å². The van der Waals surface area contributed by atoms with Crippen molar-refractivity contribution in [2.24, 2.45) is 10.9 Å². The van der Waals surface area contributed by atoms with E-state index in [1.165, 1.54) is 12.8 Å². The maximum atomic E-state index is 5.77. The molecule has 7 heteroatoms. The third kappa shape index (κ3) is 11.6. The van der Waals surface area contributed by atoms with Crippen molar-refractivity contribution < 1.29 is 13.9 Å². The Kier molecular flexibility index (Phi) is 13.6. The lowest BCUT2D eigenvalue weighted by atomic mass is 10.1. The van der Waals surface area contributed by atoms with E-state index < -0.39 is 0 Å². The van der Waals surface area contributed by atoms with Crippen LogP contribution in [0, 0.1) is 5.92 Å². The van der Waals surface area contributed by atoms with Crippen molar-refractivity contribution in [2.75, 3.05) is 39.5 Å². The summed E-state index contributed by atoms with van der Waals surface area (Å²) in [5.41, 5.74) is 0. The second-order valence-corrected chi connectivity index (χ2v) is 7.18. The fraction of sp³-hybridized carbons (Fsp3) is 0.750. The lowest BCUT2D eigenvalue weighted by Crippen LogP contribution is -2.40. The van der Waals surface area contributed by atoms with Crippen LogP contribution < -0.4 is 10.6 Å². The lowest BCUT2D eigenvalue weighted by molar-refractivity contribution is 0.0224. The van der Waals surface area contributed by atoms with Gasteiger partial charge in [0.25, 0.3) is 0 Å². The first kappa shape index (κ1) is 24.2. The molecule has 1 aliphatic heterocycles. The van der Waals surface area contributed by atoms with Crippen LogP contribution in [-0.2, 0) is 15.9 Å². The van der Waals surface area contributed by atoms with Gasteiger partial charge in [-0.05, 0) is 43.7 Å². The van der Waals surface area contributed by atoms with Crippen molar-refractivity contribution in [1.29, 1.82) is 0 Å². The quantitative estimate of drug-likeness (QED) is 0.214. The summed E-state index contributed by atoms with van der Waals surface area (Å²) in [6, 6.07) is 3.91. The van der Waals surface area contributed by atoms with Crippen LogP contribution in [-0.4, -0.2) is 51.5 Å². The molecule has 0 aliphatic carbocycles. The zero-order valence-electron chi connectivity index (χ0n) is 16.7. The Labute approximate surface area is 180 Å². The normalized spacial score (nSPS) is 17.6. The van der Waals surface area contributed by atoms with Crippen molar-refractivity contribution in [1.82, 2.24) is 10.6 Å². The number of hydrogen-bond donors (Lipinski definition) is 2. The van der Waals surface area contributed by atoms with Gasteiger partial charge in [0, 0.05) is 39.3 Å². The molecule has 0 aromatic carbocycles. The molecule has 27 heavy (non-hydrogen) atoms. The molecule has 1 unspecified atom stereocenters. The van der Waals surface area contributed by atoms with E-state index in [0.717, 1.165) is 63.9 Å². The van der Waals surface area contributed by atoms with Crippen LogP contribution >= 0.6 is 24.0 Å². The van der Waals surface area contributed by atoms with E-state index in [4.69, 9.17) is 18.9 Å². The van der Waals surface area contributed by atoms with Gasteiger partial charge >= 0.3 is 0 Å². The van der Waals surface area contributed by atoms with Gasteiger partial charge in [-0.15, -0.1) is 24.0 Å². The highest BCUT2D eigenvalue weighted by Crippen LogP contribution is 2.12. The number of furan rings is 1. The highest BCUT2D eigenvalue weighted by Gasteiger charge is 2.13. The number of nitrogens with one attached hydrogen (secondary N) is 2. The van der Waals surface area contributed by atoms with Crippen molar-refractivity contribution >= 4 is 29.9 Å². The zero-order valence-corrected chi connectivity index (χ0v) is 19.1. The summed E-state index contributed by atoms with van der Waals surface area (Å²) in [5.74, 6) is 2.41. The summed E-state index contributed by atoms with van der Waals surface area (Å²) in [6.07, 6.45) is 7.27. The molecule has 0 bridgehead atoms. The van der Waals surface area contributed by atoms with Gasteiger partial charge in [0.1, 0.15) is 5.76 Å². The molecular formula is C20H36IN3O3. The molecule has 2 heterocycles. The fourth-order valence-corrected chi connectivity index (χ4v) is 2.78. The van der Waals surface area contributed by atoms with Gasteiger partial charge in [-0.25, -0.2) is 0 Å². The minimum Gasteiger partial charge on any atom is -0.469 e. The Morgan fingerprint density at radius 2 is 2.15 bits per heavy atom. The van der Waals surface area contributed by atoms with Crippen molar-refractivity contribution in [3.8, 4) is 0 Å². The van der Waals surface area contributed by atoms with Gasteiger partial charge in [0.05, 0.1) is 18.9 Å². The molecule has 156 valence electrons. The van der Waals surface area contributed by atoms with Crippen LogP contribution in [0.1, 0.15) is 45.3 Å². The first-order valence-corrected chi connectivity index (χ1v) is 9.98. The number of hydrogen-bond acceptors (Lipinski definition) is 4. The van der Waals surface area contributed by atoms with Gasteiger partial charge < -0.3 is 24.5 Å². The number of guanidine groups is 1. The Morgan fingerprint density at radius 3 is 2.85 bits per heavy atom. The van der Waals surface area contributed by atoms with Crippen LogP contribution in [0.2, 0.25) is 0 Å². The van der Waals surface area contributed by atoms with Crippen molar-refractivity contribution in [3.63, 3.8) is 0 Å². The molecule has 1 aromatic heterocycles. The van der Waals surface area contributed by atoms with E-state index in [-0.39, 0.29) is 30.1 Å². The molecule has 6 nitrogen and oxygen atoms in total. The number of rotatable bonds is 11. The Morgan fingerprint density at radius 1 is 1.30 bits per heavy atom. The smallest absolute Gasteiger partial charge is 0.191 e. The number of halogens is 1. The van der Waals surface area contributed by atoms with Crippen LogP contribution in [0.25, 0.3) is 0 Å². The average Bonchev–Trinajstić information content (AvgIpc) is 3.16. The van der Waals surface area contributed by atoms with E-state index in [1.807, 2.05) is 12.1 Å². The molecule has 2 N–H and O–H groups in total. The maximum Gasteiger partial charge on any atom is 0.191 e. The first-order valence-electron chi connectivity index (χ1n) is 9.98. The fourth-order valence-electron chi connectivity index (χ4n) is 2.78. The molecule has 1 aromatic rings. The molecule has 0 radical (unpaired) electrons. The van der Waals surface area contributed by atoms with Gasteiger partial charge in [0.15, 0.2) is 5.96 Å². The van der Waals surface area contributed by atoms with Crippen LogP contribution in [0.4, 0.5) is 0 Å². The molecule has 1 fully saturated rings. The van der Waals surface area contributed by atoms with Crippen molar-refractivity contribution in [3.05, 3.63) is 24.2 Å². The molecular weight excluding hydrogens is 457 g/mol. The minimum atomic E-state index is 0. The molecule has 0 saturated carbocycles. The number of nitrogens with zero attached hydrogens (tertiary/aromatic N) is 1.